The van der Waals surface area contributed by atoms with Crippen LogP contribution in [0.25, 0.3) is 11.3 Å². The zero-order valence-corrected chi connectivity index (χ0v) is 16.2. The van der Waals surface area contributed by atoms with Gasteiger partial charge < -0.3 is 10.2 Å². The fourth-order valence-corrected chi connectivity index (χ4v) is 3.75. The van der Waals surface area contributed by atoms with E-state index in [9.17, 15) is 4.79 Å². The lowest BCUT2D eigenvalue weighted by atomic mass is 10.0. The van der Waals surface area contributed by atoms with Gasteiger partial charge in [-0.05, 0) is 36.6 Å². The van der Waals surface area contributed by atoms with Crippen LogP contribution in [0, 0.1) is 0 Å². The third-order valence-electron chi connectivity index (χ3n) is 4.98. The molecule has 144 valence electrons. The van der Waals surface area contributed by atoms with Gasteiger partial charge in [-0.25, -0.2) is 0 Å². The summed E-state index contributed by atoms with van der Waals surface area (Å²) in [5, 5.41) is 11.3. The molecule has 3 aromatic rings. The number of rotatable bonds is 5. The second-order valence-corrected chi connectivity index (χ2v) is 7.40. The van der Waals surface area contributed by atoms with Crippen molar-refractivity contribution in [3.8, 4) is 11.3 Å². The van der Waals surface area contributed by atoms with E-state index in [1.54, 1.807) is 12.4 Å². The van der Waals surface area contributed by atoms with E-state index in [4.69, 9.17) is 11.6 Å². The number of anilines is 1. The van der Waals surface area contributed by atoms with Gasteiger partial charge in [-0.1, -0.05) is 29.8 Å². The third-order valence-corrected chi connectivity index (χ3v) is 5.34. The molecule has 0 saturated carbocycles. The van der Waals surface area contributed by atoms with Crippen molar-refractivity contribution in [1.82, 2.24) is 20.5 Å². The number of nitrogens with one attached hydrogen (secondary N) is 2. The summed E-state index contributed by atoms with van der Waals surface area (Å²) in [6, 6.07) is 13.5. The third kappa shape index (κ3) is 4.34. The summed E-state index contributed by atoms with van der Waals surface area (Å²) in [7, 11) is 0. The standard InChI is InChI=1S/C21H22ClN5O/c22-18-6-2-1-4-16(18)12-21(28)24-17-5-3-11-27(14-17)20-13-19(25-26-20)15-7-9-23-10-8-15/h1-2,4,6-10,13,17H,3,5,11-12,14H2,(H,24,28)(H,25,26)/t17-/m1/s1. The van der Waals surface area contributed by atoms with Crippen LogP contribution in [0.15, 0.2) is 54.9 Å². The summed E-state index contributed by atoms with van der Waals surface area (Å²) in [4.78, 5) is 18.7. The lowest BCUT2D eigenvalue weighted by Crippen LogP contribution is -2.48. The van der Waals surface area contributed by atoms with Crippen LogP contribution in [-0.2, 0) is 11.2 Å². The first-order chi connectivity index (χ1) is 13.7. The van der Waals surface area contributed by atoms with Crippen molar-refractivity contribution in [1.29, 1.82) is 0 Å². The van der Waals surface area contributed by atoms with Gasteiger partial charge in [-0.2, -0.15) is 5.10 Å². The molecular formula is C21H22ClN5O. The van der Waals surface area contributed by atoms with E-state index in [1.807, 2.05) is 42.5 Å². The zero-order valence-electron chi connectivity index (χ0n) is 15.4. The second kappa shape index (κ2) is 8.44. The van der Waals surface area contributed by atoms with Gasteiger partial charge >= 0.3 is 0 Å². The van der Waals surface area contributed by atoms with E-state index in [2.05, 4.69) is 25.4 Å². The number of hydrogen-bond acceptors (Lipinski definition) is 4. The number of pyridine rings is 1. The highest BCUT2D eigenvalue weighted by Gasteiger charge is 2.23. The lowest BCUT2D eigenvalue weighted by molar-refractivity contribution is -0.121. The van der Waals surface area contributed by atoms with Crippen LogP contribution in [0.4, 0.5) is 5.82 Å². The molecule has 1 fully saturated rings. The maximum Gasteiger partial charge on any atom is 0.224 e. The average molecular weight is 396 g/mol. The van der Waals surface area contributed by atoms with Gasteiger partial charge in [-0.15, -0.1) is 0 Å². The van der Waals surface area contributed by atoms with Gasteiger partial charge in [0.2, 0.25) is 5.91 Å². The summed E-state index contributed by atoms with van der Waals surface area (Å²) in [5.74, 6) is 0.899. The Bertz CT molecular complexity index is 943. The molecule has 1 aromatic carbocycles. The number of aromatic amines is 1. The van der Waals surface area contributed by atoms with Crippen LogP contribution in [0.5, 0.6) is 0 Å². The molecule has 0 bridgehead atoms. The maximum absolute atomic E-state index is 12.4. The van der Waals surface area contributed by atoms with Gasteiger partial charge in [0, 0.05) is 48.2 Å². The molecule has 7 heteroatoms. The Balaban J connectivity index is 1.37. The number of aromatic nitrogens is 3. The Morgan fingerprint density at radius 3 is 2.89 bits per heavy atom. The number of benzene rings is 1. The van der Waals surface area contributed by atoms with Crippen LogP contribution in [-0.4, -0.2) is 40.2 Å². The molecule has 1 amide bonds. The predicted octanol–water partition coefficient (Wildman–Crippen LogP) is 3.45. The number of amides is 1. The van der Waals surface area contributed by atoms with E-state index in [-0.39, 0.29) is 11.9 Å². The van der Waals surface area contributed by atoms with Crippen LogP contribution in [0.1, 0.15) is 18.4 Å². The molecule has 4 rings (SSSR count). The molecule has 1 aliphatic rings. The summed E-state index contributed by atoms with van der Waals surface area (Å²) in [5.41, 5.74) is 2.86. The van der Waals surface area contributed by atoms with Crippen LogP contribution in [0.3, 0.4) is 0 Å². The summed E-state index contributed by atoms with van der Waals surface area (Å²) >= 11 is 6.16. The minimum atomic E-state index is -0.000507. The first-order valence-electron chi connectivity index (χ1n) is 9.42. The van der Waals surface area contributed by atoms with E-state index >= 15 is 0 Å². The Kier molecular flexibility index (Phi) is 5.58. The molecule has 3 heterocycles. The quantitative estimate of drug-likeness (QED) is 0.693. The van der Waals surface area contributed by atoms with Crippen molar-refractivity contribution in [2.45, 2.75) is 25.3 Å². The monoisotopic (exact) mass is 395 g/mol. The van der Waals surface area contributed by atoms with Crippen LogP contribution in [0.2, 0.25) is 5.02 Å². The van der Waals surface area contributed by atoms with Crippen molar-refractivity contribution in [2.24, 2.45) is 0 Å². The molecule has 0 spiro atoms. The lowest BCUT2D eigenvalue weighted by Gasteiger charge is -2.33. The van der Waals surface area contributed by atoms with Crippen molar-refractivity contribution >= 4 is 23.3 Å². The largest absolute Gasteiger partial charge is 0.353 e. The number of carbonyl (C=O) groups is 1. The van der Waals surface area contributed by atoms with Crippen molar-refractivity contribution in [3.05, 3.63) is 65.4 Å². The SMILES string of the molecule is O=C(Cc1ccccc1Cl)N[C@@H]1CCCN(c2cc(-c3ccncc3)[nH]n2)C1. The van der Waals surface area contributed by atoms with Crippen LogP contribution < -0.4 is 10.2 Å². The zero-order chi connectivity index (χ0) is 19.3. The Morgan fingerprint density at radius 1 is 1.25 bits per heavy atom. The predicted molar refractivity (Wildman–Crippen MR) is 110 cm³/mol. The molecule has 2 aromatic heterocycles. The minimum absolute atomic E-state index is 0.000507. The number of nitrogens with zero attached hydrogens (tertiary/aromatic N) is 3. The van der Waals surface area contributed by atoms with Gasteiger partial charge in [-0.3, -0.25) is 14.9 Å². The smallest absolute Gasteiger partial charge is 0.224 e. The molecule has 28 heavy (non-hydrogen) atoms. The van der Waals surface area contributed by atoms with Crippen LogP contribution >= 0.6 is 11.6 Å². The second-order valence-electron chi connectivity index (χ2n) is 7.00. The topological polar surface area (TPSA) is 73.9 Å². The van der Waals surface area contributed by atoms with Gasteiger partial charge in [0.25, 0.3) is 0 Å². The van der Waals surface area contributed by atoms with Crippen molar-refractivity contribution in [2.75, 3.05) is 18.0 Å². The number of piperidine rings is 1. The Labute approximate surface area is 168 Å². The molecule has 0 unspecified atom stereocenters. The molecule has 6 nitrogen and oxygen atoms in total. The molecule has 1 saturated heterocycles. The number of halogens is 1. The molecular weight excluding hydrogens is 374 g/mol. The minimum Gasteiger partial charge on any atom is -0.353 e. The number of H-pyrrole nitrogens is 1. The molecule has 0 radical (unpaired) electrons. The fourth-order valence-electron chi connectivity index (χ4n) is 3.55. The van der Waals surface area contributed by atoms with Crippen molar-refractivity contribution < 1.29 is 4.79 Å². The number of carbonyl (C=O) groups excluding carboxylic acids is 1. The molecule has 1 aliphatic heterocycles. The maximum atomic E-state index is 12.4. The number of hydrogen-bond donors (Lipinski definition) is 2. The summed E-state index contributed by atoms with van der Waals surface area (Å²) in [6.45, 7) is 1.67. The summed E-state index contributed by atoms with van der Waals surface area (Å²) < 4.78 is 0. The van der Waals surface area contributed by atoms with Gasteiger partial charge in [0.1, 0.15) is 0 Å². The highest BCUT2D eigenvalue weighted by molar-refractivity contribution is 6.31. The van der Waals surface area contributed by atoms with Crippen molar-refractivity contribution in [3.63, 3.8) is 0 Å². The average Bonchev–Trinajstić information content (AvgIpc) is 3.21. The molecule has 0 aliphatic carbocycles. The Hall–Kier alpha value is -2.86. The first-order valence-corrected chi connectivity index (χ1v) is 9.80. The normalized spacial score (nSPS) is 16.8. The van der Waals surface area contributed by atoms with E-state index in [0.29, 0.717) is 11.4 Å². The highest BCUT2D eigenvalue weighted by atomic mass is 35.5. The first kappa shape index (κ1) is 18.5. The Morgan fingerprint density at radius 2 is 2.07 bits per heavy atom. The fraction of sp³-hybridized carbons (Fsp3) is 0.286. The van der Waals surface area contributed by atoms with E-state index in [1.165, 1.54) is 0 Å². The van der Waals surface area contributed by atoms with E-state index < -0.39 is 0 Å². The van der Waals surface area contributed by atoms with Gasteiger partial charge in [0.15, 0.2) is 5.82 Å². The van der Waals surface area contributed by atoms with E-state index in [0.717, 1.165) is 48.6 Å². The summed E-state index contributed by atoms with van der Waals surface area (Å²) in [6.07, 6.45) is 5.80. The van der Waals surface area contributed by atoms with Gasteiger partial charge in [0.05, 0.1) is 12.1 Å². The molecule has 2 N–H and O–H groups in total. The highest BCUT2D eigenvalue weighted by Crippen LogP contribution is 2.24. The molecule has 1 atom stereocenters.